The lowest BCUT2D eigenvalue weighted by molar-refractivity contribution is -0.114. The van der Waals surface area contributed by atoms with Crippen LogP contribution in [0.25, 0.3) is 0 Å². The SMILES string of the molecule is CC(=O)Nc1ccc(CN)cc1O. The number of aromatic hydroxyl groups is 1. The summed E-state index contributed by atoms with van der Waals surface area (Å²) in [5, 5.41) is 11.9. The van der Waals surface area contributed by atoms with E-state index in [0.717, 1.165) is 5.56 Å². The van der Waals surface area contributed by atoms with Gasteiger partial charge in [-0.05, 0) is 17.7 Å². The van der Waals surface area contributed by atoms with Crippen molar-refractivity contribution in [2.45, 2.75) is 13.5 Å². The highest BCUT2D eigenvalue weighted by Gasteiger charge is 2.02. The Bertz CT molecular complexity index is 323. The van der Waals surface area contributed by atoms with Gasteiger partial charge in [0.1, 0.15) is 5.75 Å². The molecule has 0 aromatic heterocycles. The van der Waals surface area contributed by atoms with E-state index in [4.69, 9.17) is 5.73 Å². The van der Waals surface area contributed by atoms with E-state index in [1.54, 1.807) is 12.1 Å². The van der Waals surface area contributed by atoms with Crippen LogP contribution in [0.2, 0.25) is 0 Å². The number of anilines is 1. The number of amides is 1. The van der Waals surface area contributed by atoms with E-state index in [1.807, 2.05) is 0 Å². The normalized spacial score (nSPS) is 9.69. The lowest BCUT2D eigenvalue weighted by atomic mass is 10.2. The predicted octanol–water partition coefficient (Wildman–Crippen LogP) is 0.809. The van der Waals surface area contributed by atoms with Crippen molar-refractivity contribution in [1.29, 1.82) is 0 Å². The molecule has 0 fully saturated rings. The first-order valence-electron chi connectivity index (χ1n) is 3.93. The summed E-state index contributed by atoms with van der Waals surface area (Å²) in [4.78, 5) is 10.7. The molecule has 4 N–H and O–H groups in total. The third kappa shape index (κ3) is 2.45. The first kappa shape index (κ1) is 9.54. The van der Waals surface area contributed by atoms with Crippen LogP contribution in [0.15, 0.2) is 18.2 Å². The van der Waals surface area contributed by atoms with E-state index in [9.17, 15) is 9.90 Å². The molecule has 4 nitrogen and oxygen atoms in total. The average molecular weight is 180 g/mol. The van der Waals surface area contributed by atoms with Gasteiger partial charge in [-0.15, -0.1) is 0 Å². The Labute approximate surface area is 76.4 Å². The molecule has 0 spiro atoms. The summed E-state index contributed by atoms with van der Waals surface area (Å²) in [6.07, 6.45) is 0. The summed E-state index contributed by atoms with van der Waals surface area (Å²) in [5.74, 6) is -0.172. The smallest absolute Gasteiger partial charge is 0.221 e. The number of rotatable bonds is 2. The Morgan fingerprint density at radius 3 is 2.77 bits per heavy atom. The second-order valence-electron chi connectivity index (χ2n) is 2.74. The first-order valence-corrected chi connectivity index (χ1v) is 3.93. The van der Waals surface area contributed by atoms with E-state index in [0.29, 0.717) is 12.2 Å². The van der Waals surface area contributed by atoms with Gasteiger partial charge in [0, 0.05) is 13.5 Å². The Morgan fingerprint density at radius 1 is 1.62 bits per heavy atom. The molecular formula is C9H12N2O2. The lowest BCUT2D eigenvalue weighted by Gasteiger charge is -2.05. The maximum absolute atomic E-state index is 10.7. The van der Waals surface area contributed by atoms with Crippen molar-refractivity contribution in [3.8, 4) is 5.75 Å². The highest BCUT2D eigenvalue weighted by atomic mass is 16.3. The molecule has 1 aromatic carbocycles. The maximum atomic E-state index is 10.7. The number of hydrogen-bond acceptors (Lipinski definition) is 3. The molecule has 0 aliphatic carbocycles. The summed E-state index contributed by atoms with van der Waals surface area (Å²) in [6, 6.07) is 4.91. The number of carbonyl (C=O) groups excluding carboxylic acids is 1. The third-order valence-electron chi connectivity index (χ3n) is 1.61. The van der Waals surface area contributed by atoms with Crippen molar-refractivity contribution >= 4 is 11.6 Å². The molecule has 1 aromatic rings. The van der Waals surface area contributed by atoms with Gasteiger partial charge >= 0.3 is 0 Å². The molecule has 0 atom stereocenters. The minimum atomic E-state index is -0.212. The number of nitrogens with two attached hydrogens (primary N) is 1. The highest BCUT2D eigenvalue weighted by molar-refractivity contribution is 5.90. The van der Waals surface area contributed by atoms with Gasteiger partial charge in [-0.25, -0.2) is 0 Å². The van der Waals surface area contributed by atoms with Crippen LogP contribution >= 0.6 is 0 Å². The Hall–Kier alpha value is -1.55. The molecule has 0 radical (unpaired) electrons. The topological polar surface area (TPSA) is 75.4 Å². The first-order chi connectivity index (χ1) is 6.13. The van der Waals surface area contributed by atoms with Crippen LogP contribution < -0.4 is 11.1 Å². The molecule has 13 heavy (non-hydrogen) atoms. The second kappa shape index (κ2) is 3.91. The quantitative estimate of drug-likeness (QED) is 0.589. The van der Waals surface area contributed by atoms with Gasteiger partial charge in [-0.2, -0.15) is 0 Å². The van der Waals surface area contributed by atoms with Gasteiger partial charge in [0.15, 0.2) is 0 Å². The molecule has 0 saturated carbocycles. The molecule has 70 valence electrons. The van der Waals surface area contributed by atoms with Crippen LogP contribution in [-0.2, 0) is 11.3 Å². The molecule has 0 aliphatic heterocycles. The van der Waals surface area contributed by atoms with Crippen molar-refractivity contribution < 1.29 is 9.90 Å². The fraction of sp³-hybridized carbons (Fsp3) is 0.222. The molecule has 0 bridgehead atoms. The zero-order chi connectivity index (χ0) is 9.84. The van der Waals surface area contributed by atoms with Gasteiger partial charge in [0.25, 0.3) is 0 Å². The maximum Gasteiger partial charge on any atom is 0.221 e. The van der Waals surface area contributed by atoms with Gasteiger partial charge in [0.05, 0.1) is 5.69 Å². The number of phenolic OH excluding ortho intramolecular Hbond substituents is 1. The van der Waals surface area contributed by atoms with Crippen molar-refractivity contribution in [2.75, 3.05) is 5.32 Å². The van der Waals surface area contributed by atoms with Crippen LogP contribution in [0, 0.1) is 0 Å². The van der Waals surface area contributed by atoms with Crippen LogP contribution in [0.4, 0.5) is 5.69 Å². The summed E-state index contributed by atoms with van der Waals surface area (Å²) in [5.41, 5.74) is 6.60. The summed E-state index contributed by atoms with van der Waals surface area (Å²) in [7, 11) is 0. The van der Waals surface area contributed by atoms with Crippen molar-refractivity contribution in [3.63, 3.8) is 0 Å². The predicted molar refractivity (Wildman–Crippen MR) is 50.3 cm³/mol. The number of nitrogens with one attached hydrogen (secondary N) is 1. The zero-order valence-corrected chi connectivity index (χ0v) is 7.37. The van der Waals surface area contributed by atoms with Gasteiger partial charge < -0.3 is 16.2 Å². The summed E-state index contributed by atoms with van der Waals surface area (Å²) in [6.45, 7) is 1.75. The Morgan fingerprint density at radius 2 is 2.31 bits per heavy atom. The second-order valence-corrected chi connectivity index (χ2v) is 2.74. The Balaban J connectivity index is 2.91. The van der Waals surface area contributed by atoms with Crippen LogP contribution in [0.3, 0.4) is 0 Å². The van der Waals surface area contributed by atoms with Crippen molar-refractivity contribution in [2.24, 2.45) is 5.73 Å². The minimum absolute atomic E-state index is 0.0400. The average Bonchev–Trinajstić information content (AvgIpc) is 2.08. The van der Waals surface area contributed by atoms with Gasteiger partial charge in [-0.3, -0.25) is 4.79 Å². The fourth-order valence-corrected chi connectivity index (χ4v) is 1.000. The lowest BCUT2D eigenvalue weighted by Crippen LogP contribution is -2.06. The molecule has 0 saturated heterocycles. The molecular weight excluding hydrogens is 168 g/mol. The number of carbonyl (C=O) groups is 1. The number of phenols is 1. The highest BCUT2D eigenvalue weighted by Crippen LogP contribution is 2.23. The molecule has 0 unspecified atom stereocenters. The zero-order valence-electron chi connectivity index (χ0n) is 7.37. The minimum Gasteiger partial charge on any atom is -0.506 e. The molecule has 0 heterocycles. The van der Waals surface area contributed by atoms with Gasteiger partial charge in [-0.1, -0.05) is 6.07 Å². The van der Waals surface area contributed by atoms with E-state index >= 15 is 0 Å². The number of benzene rings is 1. The molecule has 1 amide bonds. The summed E-state index contributed by atoms with van der Waals surface area (Å²) >= 11 is 0. The van der Waals surface area contributed by atoms with Crippen LogP contribution in [-0.4, -0.2) is 11.0 Å². The van der Waals surface area contributed by atoms with Gasteiger partial charge in [0.2, 0.25) is 5.91 Å². The van der Waals surface area contributed by atoms with Crippen molar-refractivity contribution in [3.05, 3.63) is 23.8 Å². The standard InChI is InChI=1S/C9H12N2O2/c1-6(12)11-8-3-2-7(5-10)4-9(8)13/h2-4,13H,5,10H2,1H3,(H,11,12). The molecule has 4 heteroatoms. The third-order valence-corrected chi connectivity index (χ3v) is 1.61. The summed E-state index contributed by atoms with van der Waals surface area (Å²) < 4.78 is 0. The van der Waals surface area contributed by atoms with E-state index in [2.05, 4.69) is 5.32 Å². The molecule has 1 rings (SSSR count). The Kier molecular flexibility index (Phi) is 2.87. The fourth-order valence-electron chi connectivity index (χ4n) is 1.000. The molecule has 0 aliphatic rings. The van der Waals surface area contributed by atoms with Crippen LogP contribution in [0.1, 0.15) is 12.5 Å². The van der Waals surface area contributed by atoms with E-state index < -0.39 is 0 Å². The van der Waals surface area contributed by atoms with E-state index in [-0.39, 0.29) is 11.7 Å². The van der Waals surface area contributed by atoms with E-state index in [1.165, 1.54) is 13.0 Å². The van der Waals surface area contributed by atoms with Crippen molar-refractivity contribution in [1.82, 2.24) is 0 Å². The number of hydrogen-bond donors (Lipinski definition) is 3. The largest absolute Gasteiger partial charge is 0.506 e. The monoisotopic (exact) mass is 180 g/mol. The van der Waals surface area contributed by atoms with Crippen LogP contribution in [0.5, 0.6) is 5.75 Å².